The van der Waals surface area contributed by atoms with E-state index < -0.39 is 17.7 Å². The van der Waals surface area contributed by atoms with Crippen LogP contribution in [0.1, 0.15) is 49.8 Å². The molecule has 2 aromatic rings. The lowest BCUT2D eigenvalue weighted by Crippen LogP contribution is -2.59. The lowest BCUT2D eigenvalue weighted by molar-refractivity contribution is -0.146. The van der Waals surface area contributed by atoms with Crippen molar-refractivity contribution >= 4 is 11.8 Å². The van der Waals surface area contributed by atoms with Gasteiger partial charge in [0.1, 0.15) is 17.7 Å². The van der Waals surface area contributed by atoms with Crippen molar-refractivity contribution in [1.29, 1.82) is 0 Å². The molecule has 1 aliphatic heterocycles. The van der Waals surface area contributed by atoms with Gasteiger partial charge in [0.25, 0.3) is 0 Å². The summed E-state index contributed by atoms with van der Waals surface area (Å²) in [5.74, 6) is -1.91. The zero-order valence-electron chi connectivity index (χ0n) is 17.1. The van der Waals surface area contributed by atoms with Gasteiger partial charge >= 0.3 is 0 Å². The molecule has 1 saturated carbocycles. The molecule has 0 spiro atoms. The summed E-state index contributed by atoms with van der Waals surface area (Å²) in [4.78, 5) is 28.0. The zero-order chi connectivity index (χ0) is 21.4. The third-order valence-electron chi connectivity index (χ3n) is 6.02. The molecule has 2 amide bonds. The maximum Gasteiger partial charge on any atom is 0.243 e. The fraction of sp³-hybridized carbons (Fsp3) is 0.417. The zero-order valence-corrected chi connectivity index (χ0v) is 17.1. The Labute approximate surface area is 175 Å². The van der Waals surface area contributed by atoms with Crippen LogP contribution in [0, 0.1) is 23.5 Å². The first-order chi connectivity index (χ1) is 14.3. The molecule has 0 bridgehead atoms. The van der Waals surface area contributed by atoms with Crippen molar-refractivity contribution in [2.75, 3.05) is 6.54 Å². The average molecular weight is 412 g/mol. The van der Waals surface area contributed by atoms with Crippen LogP contribution < -0.4 is 5.32 Å². The molecule has 2 aromatic carbocycles. The Kier molecular flexibility index (Phi) is 5.58. The number of rotatable bonds is 5. The molecule has 0 radical (unpaired) electrons. The van der Waals surface area contributed by atoms with Crippen LogP contribution in [0.2, 0.25) is 0 Å². The monoisotopic (exact) mass is 412 g/mol. The minimum absolute atomic E-state index is 0.120. The van der Waals surface area contributed by atoms with Crippen LogP contribution >= 0.6 is 0 Å². The van der Waals surface area contributed by atoms with Gasteiger partial charge in [-0.15, -0.1) is 0 Å². The number of carbonyl (C=O) groups excluding carboxylic acids is 2. The number of benzene rings is 2. The molecule has 2 fully saturated rings. The predicted octanol–water partition coefficient (Wildman–Crippen LogP) is 4.18. The number of carbonyl (C=O) groups is 2. The Morgan fingerprint density at radius 1 is 1.17 bits per heavy atom. The molecule has 4 atom stereocenters. The number of hydrogen-bond donors (Lipinski definition) is 1. The highest BCUT2D eigenvalue weighted by Gasteiger charge is 2.50. The van der Waals surface area contributed by atoms with Crippen molar-refractivity contribution in [3.05, 3.63) is 71.3 Å². The van der Waals surface area contributed by atoms with Crippen molar-refractivity contribution in [3.8, 4) is 0 Å². The summed E-state index contributed by atoms with van der Waals surface area (Å²) < 4.78 is 27.4. The summed E-state index contributed by atoms with van der Waals surface area (Å²) in [5.41, 5.74) is 1.32. The van der Waals surface area contributed by atoms with Gasteiger partial charge in [-0.3, -0.25) is 9.59 Å². The van der Waals surface area contributed by atoms with E-state index in [1.54, 1.807) is 4.90 Å². The van der Waals surface area contributed by atoms with Gasteiger partial charge in [-0.1, -0.05) is 50.2 Å². The summed E-state index contributed by atoms with van der Waals surface area (Å²) in [7, 11) is 0. The van der Waals surface area contributed by atoms with Gasteiger partial charge in [0.15, 0.2) is 0 Å². The smallest absolute Gasteiger partial charge is 0.243 e. The van der Waals surface area contributed by atoms with Gasteiger partial charge in [-0.2, -0.15) is 0 Å². The number of hydrogen-bond acceptors (Lipinski definition) is 2. The van der Waals surface area contributed by atoms with E-state index in [1.165, 1.54) is 12.1 Å². The fourth-order valence-corrected chi connectivity index (χ4v) is 4.40. The Morgan fingerprint density at radius 3 is 2.57 bits per heavy atom. The van der Waals surface area contributed by atoms with E-state index in [9.17, 15) is 18.4 Å². The normalized spacial score (nSPS) is 25.9. The molecular formula is C24H26F2N2O2. The molecule has 1 N–H and O–H groups in total. The second-order valence-corrected chi connectivity index (χ2v) is 8.72. The largest absolute Gasteiger partial charge is 0.346 e. The number of amides is 2. The van der Waals surface area contributed by atoms with Crippen molar-refractivity contribution in [1.82, 2.24) is 10.2 Å². The van der Waals surface area contributed by atoms with Gasteiger partial charge in [-0.05, 0) is 41.9 Å². The standard InChI is InChI=1S/C24H26F2N2O2/c1-14(2)10-22-23(29)27-21(15-6-4-3-5-7-15)13-28(22)24(30)19-12-18(19)17-9-8-16(25)11-20(17)26/h3-9,11,14,18-19,21-22H,10,12-13H2,1-2H3,(H,27,29)/t18-,19+,21+,22-/m0/s1. The number of nitrogens with zero attached hydrogens (tertiary/aromatic N) is 1. The lowest BCUT2D eigenvalue weighted by atomic mass is 9.95. The van der Waals surface area contributed by atoms with E-state index in [2.05, 4.69) is 5.32 Å². The molecule has 1 aliphatic carbocycles. The number of piperazine rings is 1. The molecule has 30 heavy (non-hydrogen) atoms. The maximum absolute atomic E-state index is 14.2. The number of nitrogens with one attached hydrogen (secondary N) is 1. The minimum Gasteiger partial charge on any atom is -0.346 e. The summed E-state index contributed by atoms with van der Waals surface area (Å²) in [5, 5.41) is 3.06. The third kappa shape index (κ3) is 4.09. The Hall–Kier alpha value is -2.76. The second-order valence-electron chi connectivity index (χ2n) is 8.72. The summed E-state index contributed by atoms with van der Waals surface area (Å²) >= 11 is 0. The molecular weight excluding hydrogens is 386 g/mol. The van der Waals surface area contributed by atoms with Crippen LogP contribution in [-0.2, 0) is 9.59 Å². The van der Waals surface area contributed by atoms with E-state index in [0.29, 0.717) is 24.9 Å². The quantitative estimate of drug-likeness (QED) is 0.801. The summed E-state index contributed by atoms with van der Waals surface area (Å²) in [6, 6.07) is 12.3. The maximum atomic E-state index is 14.2. The van der Waals surface area contributed by atoms with Gasteiger partial charge in [0, 0.05) is 18.5 Å². The molecule has 158 valence electrons. The highest BCUT2D eigenvalue weighted by Crippen LogP contribution is 2.50. The molecule has 4 rings (SSSR count). The van der Waals surface area contributed by atoms with E-state index in [4.69, 9.17) is 0 Å². The summed E-state index contributed by atoms with van der Waals surface area (Å²) in [6.45, 7) is 4.43. The molecule has 4 nitrogen and oxygen atoms in total. The second kappa shape index (κ2) is 8.17. The van der Waals surface area contributed by atoms with Crippen molar-refractivity contribution in [2.24, 2.45) is 11.8 Å². The SMILES string of the molecule is CC(C)C[C@H]1C(=O)N[C@@H](c2ccccc2)CN1C(=O)[C@@H]1C[C@H]1c1ccc(F)cc1F. The van der Waals surface area contributed by atoms with Crippen molar-refractivity contribution in [3.63, 3.8) is 0 Å². The first-order valence-electron chi connectivity index (χ1n) is 10.5. The van der Waals surface area contributed by atoms with Crippen LogP contribution in [0.15, 0.2) is 48.5 Å². The van der Waals surface area contributed by atoms with Crippen LogP contribution in [0.3, 0.4) is 0 Å². The Morgan fingerprint density at radius 2 is 1.90 bits per heavy atom. The summed E-state index contributed by atoms with van der Waals surface area (Å²) in [6.07, 6.45) is 1.09. The van der Waals surface area contributed by atoms with Crippen LogP contribution in [-0.4, -0.2) is 29.3 Å². The fourth-order valence-electron chi connectivity index (χ4n) is 4.40. The first-order valence-corrected chi connectivity index (χ1v) is 10.5. The molecule has 6 heteroatoms. The lowest BCUT2D eigenvalue weighted by Gasteiger charge is -2.40. The molecule has 0 aromatic heterocycles. The topological polar surface area (TPSA) is 49.4 Å². The first kappa shape index (κ1) is 20.5. The molecule has 2 aliphatic rings. The molecule has 1 saturated heterocycles. The molecule has 1 heterocycles. The highest BCUT2D eigenvalue weighted by atomic mass is 19.1. The minimum atomic E-state index is -0.629. The average Bonchev–Trinajstić information content (AvgIpc) is 3.49. The van der Waals surface area contributed by atoms with Gasteiger partial charge < -0.3 is 10.2 Å². The predicted molar refractivity (Wildman–Crippen MR) is 109 cm³/mol. The van der Waals surface area contributed by atoms with E-state index >= 15 is 0 Å². The van der Waals surface area contributed by atoms with Crippen molar-refractivity contribution in [2.45, 2.75) is 44.7 Å². The van der Waals surface area contributed by atoms with Gasteiger partial charge in [0.05, 0.1) is 6.04 Å². The van der Waals surface area contributed by atoms with Gasteiger partial charge in [-0.25, -0.2) is 8.78 Å². The molecule has 0 unspecified atom stereocenters. The third-order valence-corrected chi connectivity index (χ3v) is 6.02. The van der Waals surface area contributed by atoms with Gasteiger partial charge in [0.2, 0.25) is 11.8 Å². The highest BCUT2D eigenvalue weighted by molar-refractivity contribution is 5.91. The van der Waals surface area contributed by atoms with E-state index in [0.717, 1.165) is 11.6 Å². The van der Waals surface area contributed by atoms with Crippen molar-refractivity contribution < 1.29 is 18.4 Å². The van der Waals surface area contributed by atoms with Crippen LogP contribution in [0.25, 0.3) is 0 Å². The van der Waals surface area contributed by atoms with Crippen LogP contribution in [0.4, 0.5) is 8.78 Å². The van der Waals surface area contributed by atoms with Crippen LogP contribution in [0.5, 0.6) is 0 Å². The van der Waals surface area contributed by atoms with E-state index in [1.807, 2.05) is 44.2 Å². The van der Waals surface area contributed by atoms with E-state index in [-0.39, 0.29) is 35.6 Å². The number of halogens is 2. The Balaban J connectivity index is 1.56. The Bertz CT molecular complexity index is 947.